The molecule has 1 aliphatic heterocycles. The maximum Gasteiger partial charge on any atom is 0.252 e. The van der Waals surface area contributed by atoms with Crippen LogP contribution in [-0.2, 0) is 16.8 Å². The van der Waals surface area contributed by atoms with Crippen LogP contribution in [0.25, 0.3) is 0 Å². The number of thiazole rings is 1. The normalized spacial score (nSPS) is 13.7. The van der Waals surface area contributed by atoms with Crippen LogP contribution < -0.4 is 10.6 Å². The molecule has 0 atom stereocenters. The van der Waals surface area contributed by atoms with Gasteiger partial charge in [0.25, 0.3) is 5.91 Å². The highest BCUT2D eigenvalue weighted by molar-refractivity contribution is 7.09. The number of carbonyl (C=O) groups excluding carboxylic acids is 2. The molecular formula is C15H15N3O2S. The lowest BCUT2D eigenvalue weighted by Gasteiger charge is -2.24. The molecular weight excluding hydrogens is 286 g/mol. The first-order chi connectivity index (χ1) is 9.95. The fourth-order valence-corrected chi connectivity index (χ4v) is 3.02. The van der Waals surface area contributed by atoms with Gasteiger partial charge in [-0.15, -0.1) is 11.3 Å². The van der Waals surface area contributed by atoms with Crippen LogP contribution in [0.3, 0.4) is 0 Å². The molecule has 1 aromatic carbocycles. The number of benzene rings is 1. The Hall–Kier alpha value is -2.21. The maximum absolute atomic E-state index is 12.4. The quantitative estimate of drug-likeness (QED) is 0.914. The summed E-state index contributed by atoms with van der Waals surface area (Å²) in [6, 6.07) is 5.28. The molecule has 108 valence electrons. The van der Waals surface area contributed by atoms with E-state index in [2.05, 4.69) is 15.6 Å². The van der Waals surface area contributed by atoms with Gasteiger partial charge < -0.3 is 10.6 Å². The standard InChI is InChI=1S/C15H15N3O2S/c1-15(2,14-16-5-6-21-14)18-13(20)10-4-3-9-8-12(19)17-11(9)7-10/h3-7H,8H2,1-2H3,(H,17,19)(H,18,20). The number of carbonyl (C=O) groups is 2. The topological polar surface area (TPSA) is 71.1 Å². The lowest BCUT2D eigenvalue weighted by Crippen LogP contribution is -2.40. The molecule has 2 aromatic rings. The van der Waals surface area contributed by atoms with Gasteiger partial charge >= 0.3 is 0 Å². The molecule has 5 nitrogen and oxygen atoms in total. The predicted molar refractivity (Wildman–Crippen MR) is 81.4 cm³/mol. The summed E-state index contributed by atoms with van der Waals surface area (Å²) in [6.07, 6.45) is 2.10. The van der Waals surface area contributed by atoms with Gasteiger partial charge in [-0.05, 0) is 31.5 Å². The molecule has 0 spiro atoms. The van der Waals surface area contributed by atoms with Crippen molar-refractivity contribution in [1.82, 2.24) is 10.3 Å². The number of hydrogen-bond donors (Lipinski definition) is 2. The van der Waals surface area contributed by atoms with Gasteiger partial charge in [-0.3, -0.25) is 9.59 Å². The van der Waals surface area contributed by atoms with Crippen molar-refractivity contribution in [1.29, 1.82) is 0 Å². The van der Waals surface area contributed by atoms with E-state index in [1.807, 2.05) is 25.3 Å². The highest BCUT2D eigenvalue weighted by Crippen LogP contribution is 2.26. The molecule has 0 aliphatic carbocycles. The van der Waals surface area contributed by atoms with Gasteiger partial charge in [0, 0.05) is 22.8 Å². The van der Waals surface area contributed by atoms with E-state index >= 15 is 0 Å². The Labute approximate surface area is 126 Å². The summed E-state index contributed by atoms with van der Waals surface area (Å²) in [5, 5.41) is 8.46. The third-order valence-electron chi connectivity index (χ3n) is 3.39. The molecule has 0 fully saturated rings. The maximum atomic E-state index is 12.4. The van der Waals surface area contributed by atoms with Gasteiger partial charge in [0.1, 0.15) is 5.01 Å². The minimum atomic E-state index is -0.534. The summed E-state index contributed by atoms with van der Waals surface area (Å²) in [5.41, 5.74) is 1.64. The minimum absolute atomic E-state index is 0.0364. The second kappa shape index (κ2) is 4.96. The minimum Gasteiger partial charge on any atom is -0.341 e. The van der Waals surface area contributed by atoms with E-state index in [-0.39, 0.29) is 11.8 Å². The Morgan fingerprint density at radius 2 is 2.24 bits per heavy atom. The number of fused-ring (bicyclic) bond motifs is 1. The summed E-state index contributed by atoms with van der Waals surface area (Å²) >= 11 is 1.50. The van der Waals surface area contributed by atoms with Gasteiger partial charge in [-0.1, -0.05) is 6.07 Å². The average molecular weight is 301 g/mol. The third-order valence-corrected chi connectivity index (χ3v) is 4.49. The molecule has 0 bridgehead atoms. The largest absolute Gasteiger partial charge is 0.341 e. The number of amides is 2. The number of hydrogen-bond acceptors (Lipinski definition) is 4. The molecule has 1 aliphatic rings. The molecule has 3 rings (SSSR count). The molecule has 1 aromatic heterocycles. The van der Waals surface area contributed by atoms with Crippen molar-refractivity contribution >= 4 is 28.8 Å². The van der Waals surface area contributed by atoms with Crippen LogP contribution in [0.15, 0.2) is 29.8 Å². The summed E-state index contributed by atoms with van der Waals surface area (Å²) in [5.74, 6) is -0.218. The van der Waals surface area contributed by atoms with Gasteiger partial charge in [0.15, 0.2) is 0 Å². The van der Waals surface area contributed by atoms with Crippen LogP contribution in [0.2, 0.25) is 0 Å². The Bertz CT molecular complexity index is 708. The van der Waals surface area contributed by atoms with Crippen molar-refractivity contribution in [3.63, 3.8) is 0 Å². The molecule has 6 heteroatoms. The third kappa shape index (κ3) is 2.67. The highest BCUT2D eigenvalue weighted by atomic mass is 32.1. The van der Waals surface area contributed by atoms with E-state index in [4.69, 9.17) is 0 Å². The second-order valence-electron chi connectivity index (χ2n) is 5.51. The van der Waals surface area contributed by atoms with Crippen LogP contribution >= 0.6 is 11.3 Å². The zero-order valence-corrected chi connectivity index (χ0v) is 12.6. The number of aromatic nitrogens is 1. The smallest absolute Gasteiger partial charge is 0.252 e. The Balaban J connectivity index is 1.80. The summed E-state index contributed by atoms with van der Waals surface area (Å²) in [4.78, 5) is 28.0. The predicted octanol–water partition coefficient (Wildman–Crippen LogP) is 2.30. The Morgan fingerprint density at radius 1 is 1.43 bits per heavy atom. The lowest BCUT2D eigenvalue weighted by atomic mass is 10.0. The molecule has 0 saturated carbocycles. The van der Waals surface area contributed by atoms with Crippen LogP contribution in [0.4, 0.5) is 5.69 Å². The zero-order valence-electron chi connectivity index (χ0n) is 11.8. The second-order valence-corrected chi connectivity index (χ2v) is 6.41. The first-order valence-corrected chi connectivity index (χ1v) is 7.49. The van der Waals surface area contributed by atoms with E-state index < -0.39 is 5.54 Å². The van der Waals surface area contributed by atoms with Crippen molar-refractivity contribution in [3.05, 3.63) is 45.9 Å². The van der Waals surface area contributed by atoms with Crippen molar-refractivity contribution in [3.8, 4) is 0 Å². The average Bonchev–Trinajstić information content (AvgIpc) is 3.05. The van der Waals surface area contributed by atoms with Crippen molar-refractivity contribution in [2.24, 2.45) is 0 Å². The van der Waals surface area contributed by atoms with Gasteiger partial charge in [0.2, 0.25) is 5.91 Å². The highest BCUT2D eigenvalue weighted by Gasteiger charge is 2.27. The number of anilines is 1. The molecule has 2 amide bonds. The van der Waals surface area contributed by atoms with Crippen LogP contribution in [0.5, 0.6) is 0 Å². The van der Waals surface area contributed by atoms with Gasteiger partial charge in [-0.25, -0.2) is 4.98 Å². The summed E-state index contributed by atoms with van der Waals surface area (Å²) in [7, 11) is 0. The molecule has 2 N–H and O–H groups in total. The SMILES string of the molecule is CC(C)(NC(=O)c1ccc2c(c1)NC(=O)C2)c1nccs1. The first-order valence-electron chi connectivity index (χ1n) is 6.61. The lowest BCUT2D eigenvalue weighted by molar-refractivity contribution is -0.115. The molecule has 21 heavy (non-hydrogen) atoms. The van der Waals surface area contributed by atoms with Crippen molar-refractivity contribution in [2.75, 3.05) is 5.32 Å². The van der Waals surface area contributed by atoms with Crippen LogP contribution in [-0.4, -0.2) is 16.8 Å². The molecule has 0 unspecified atom stereocenters. The monoisotopic (exact) mass is 301 g/mol. The Morgan fingerprint density at radius 3 is 2.95 bits per heavy atom. The van der Waals surface area contributed by atoms with Crippen molar-refractivity contribution in [2.45, 2.75) is 25.8 Å². The van der Waals surface area contributed by atoms with E-state index in [1.54, 1.807) is 18.3 Å². The number of nitrogens with one attached hydrogen (secondary N) is 2. The fraction of sp³-hybridized carbons (Fsp3) is 0.267. The number of nitrogens with zero attached hydrogens (tertiary/aromatic N) is 1. The van der Waals surface area contributed by atoms with Crippen LogP contribution in [0.1, 0.15) is 34.8 Å². The van der Waals surface area contributed by atoms with Crippen molar-refractivity contribution < 1.29 is 9.59 Å². The Kier molecular flexibility index (Phi) is 3.25. The van der Waals surface area contributed by atoms with Gasteiger partial charge in [-0.2, -0.15) is 0 Å². The summed E-state index contributed by atoms with van der Waals surface area (Å²) < 4.78 is 0. The van der Waals surface area contributed by atoms with Crippen LogP contribution in [0, 0.1) is 0 Å². The van der Waals surface area contributed by atoms with E-state index in [0.29, 0.717) is 12.0 Å². The van der Waals surface area contributed by atoms with Gasteiger partial charge in [0.05, 0.1) is 12.0 Å². The fourth-order valence-electron chi connectivity index (χ4n) is 2.30. The summed E-state index contributed by atoms with van der Waals surface area (Å²) in [6.45, 7) is 3.83. The molecule has 0 radical (unpaired) electrons. The van der Waals surface area contributed by atoms with E-state index in [9.17, 15) is 9.59 Å². The van der Waals surface area contributed by atoms with E-state index in [1.165, 1.54) is 11.3 Å². The first kappa shape index (κ1) is 13.8. The number of rotatable bonds is 3. The zero-order chi connectivity index (χ0) is 15.0. The molecule has 2 heterocycles. The molecule has 0 saturated heterocycles. The van der Waals surface area contributed by atoms with E-state index in [0.717, 1.165) is 16.3 Å².